The third-order valence-corrected chi connectivity index (χ3v) is 5.32. The summed E-state index contributed by atoms with van der Waals surface area (Å²) in [6, 6.07) is 10.3. The molecule has 0 aliphatic heterocycles. The van der Waals surface area contributed by atoms with Gasteiger partial charge >= 0.3 is 0 Å². The minimum atomic E-state index is -0.109. The molecule has 2 aromatic carbocycles. The van der Waals surface area contributed by atoms with Crippen molar-refractivity contribution in [3.05, 3.63) is 66.7 Å². The van der Waals surface area contributed by atoms with E-state index >= 15 is 0 Å². The Balaban J connectivity index is 2.53. The molecule has 0 fully saturated rings. The van der Waals surface area contributed by atoms with Gasteiger partial charge in [-0.1, -0.05) is 35.9 Å². The Morgan fingerprint density at radius 3 is 2.37 bits per heavy atom. The van der Waals surface area contributed by atoms with Crippen LogP contribution in [0.5, 0.6) is 0 Å². The Morgan fingerprint density at radius 2 is 1.68 bits per heavy atom. The Morgan fingerprint density at radius 1 is 1.00 bits per heavy atom. The molecule has 2 aromatic rings. The second-order valence-electron chi connectivity index (χ2n) is 4.91. The van der Waals surface area contributed by atoms with E-state index in [4.69, 9.17) is 17.3 Å². The van der Waals surface area contributed by atoms with Crippen molar-refractivity contribution in [1.29, 1.82) is 0 Å². The van der Waals surface area contributed by atoms with E-state index < -0.39 is 0 Å². The number of benzene rings is 2. The van der Waals surface area contributed by atoms with Crippen LogP contribution in [-0.4, -0.2) is 0 Å². The molecule has 0 saturated carbocycles. The van der Waals surface area contributed by atoms with Crippen LogP contribution in [0.4, 0.5) is 0 Å². The molecule has 1 nitrogen and oxygen atoms in total. The zero-order valence-corrected chi connectivity index (χ0v) is 14.2. The quantitative estimate of drug-likeness (QED) is 0.730. The normalized spacial score (nSPS) is 12.5. The Labute approximate surface area is 133 Å². The molecule has 0 heterocycles. The van der Waals surface area contributed by atoms with E-state index in [1.54, 1.807) is 0 Å². The largest absolute Gasteiger partial charge is 0.320 e. The molecule has 2 rings (SSSR count). The first-order valence-corrected chi connectivity index (χ1v) is 7.64. The van der Waals surface area contributed by atoms with E-state index in [-0.39, 0.29) is 6.04 Å². The van der Waals surface area contributed by atoms with Crippen molar-refractivity contribution in [3.63, 3.8) is 0 Å². The Hall–Kier alpha value is -0.580. The van der Waals surface area contributed by atoms with Crippen molar-refractivity contribution < 1.29 is 0 Å². The van der Waals surface area contributed by atoms with Gasteiger partial charge in [0.15, 0.2) is 0 Å². The number of rotatable bonds is 2. The van der Waals surface area contributed by atoms with Gasteiger partial charge in [-0.25, -0.2) is 0 Å². The summed E-state index contributed by atoms with van der Waals surface area (Å²) in [5, 5.41) is 0.799. The molecule has 2 N–H and O–H groups in total. The summed E-state index contributed by atoms with van der Waals surface area (Å²) in [6.07, 6.45) is 0. The van der Waals surface area contributed by atoms with Gasteiger partial charge in [0.25, 0.3) is 0 Å². The number of aryl methyl sites for hydroxylation is 3. The van der Waals surface area contributed by atoms with Gasteiger partial charge in [0.2, 0.25) is 0 Å². The van der Waals surface area contributed by atoms with E-state index in [9.17, 15) is 0 Å². The second-order valence-corrected chi connectivity index (χ2v) is 6.40. The highest BCUT2D eigenvalue weighted by atomic mass is 127. The van der Waals surface area contributed by atoms with E-state index in [1.165, 1.54) is 14.7 Å². The number of nitrogens with two attached hydrogens (primary N) is 1. The fourth-order valence-electron chi connectivity index (χ4n) is 2.22. The topological polar surface area (TPSA) is 26.0 Å². The molecule has 0 saturated heterocycles. The molecule has 0 bridgehead atoms. The number of halogens is 2. The zero-order valence-electron chi connectivity index (χ0n) is 11.3. The molecule has 19 heavy (non-hydrogen) atoms. The van der Waals surface area contributed by atoms with Gasteiger partial charge in [0, 0.05) is 8.59 Å². The maximum Gasteiger partial charge on any atom is 0.0564 e. The van der Waals surface area contributed by atoms with Crippen LogP contribution in [0.1, 0.15) is 33.9 Å². The Bertz CT molecular complexity index is 622. The molecule has 0 amide bonds. The number of hydrogen-bond acceptors (Lipinski definition) is 1. The lowest BCUT2D eigenvalue weighted by Crippen LogP contribution is -2.15. The van der Waals surface area contributed by atoms with Gasteiger partial charge in [-0.15, -0.1) is 0 Å². The van der Waals surface area contributed by atoms with E-state index in [1.807, 2.05) is 13.0 Å². The van der Waals surface area contributed by atoms with Gasteiger partial charge in [-0.05, 0) is 77.2 Å². The molecule has 100 valence electrons. The monoisotopic (exact) mass is 385 g/mol. The van der Waals surface area contributed by atoms with Crippen LogP contribution in [0.2, 0.25) is 5.02 Å². The fourth-order valence-corrected chi connectivity index (χ4v) is 3.13. The first kappa shape index (κ1) is 14.8. The standard InChI is InChI=1S/C16H17ClIN/c1-9-5-4-6-12(15(9)18)16(19)13-7-11(3)14(17)8-10(13)2/h4-8,16H,19H2,1-3H3. The smallest absolute Gasteiger partial charge is 0.0564 e. The third kappa shape index (κ3) is 2.96. The van der Waals surface area contributed by atoms with E-state index in [2.05, 4.69) is 60.7 Å². The second kappa shape index (κ2) is 5.81. The molecule has 0 radical (unpaired) electrons. The SMILES string of the molecule is Cc1cc(C(N)c2cccc(C)c2I)c(C)cc1Cl. The average molecular weight is 386 g/mol. The fraction of sp³-hybridized carbons (Fsp3) is 0.250. The van der Waals surface area contributed by atoms with Crippen LogP contribution in [0.25, 0.3) is 0 Å². The maximum atomic E-state index is 6.46. The molecule has 0 aromatic heterocycles. The van der Waals surface area contributed by atoms with Crippen molar-refractivity contribution in [3.8, 4) is 0 Å². The molecular formula is C16H17ClIN. The van der Waals surface area contributed by atoms with Crippen LogP contribution in [-0.2, 0) is 0 Å². The highest BCUT2D eigenvalue weighted by Crippen LogP contribution is 2.30. The van der Waals surface area contributed by atoms with Gasteiger partial charge in [0.1, 0.15) is 0 Å². The molecule has 3 heteroatoms. The van der Waals surface area contributed by atoms with Gasteiger partial charge in [0.05, 0.1) is 6.04 Å². The van der Waals surface area contributed by atoms with E-state index in [0.717, 1.165) is 21.7 Å². The Kier molecular flexibility index (Phi) is 4.54. The van der Waals surface area contributed by atoms with Crippen LogP contribution < -0.4 is 5.73 Å². The van der Waals surface area contributed by atoms with Gasteiger partial charge in [-0.3, -0.25) is 0 Å². The summed E-state index contributed by atoms with van der Waals surface area (Å²) < 4.78 is 1.24. The minimum Gasteiger partial charge on any atom is -0.320 e. The van der Waals surface area contributed by atoms with Gasteiger partial charge < -0.3 is 5.73 Å². The lowest BCUT2D eigenvalue weighted by molar-refractivity contribution is 0.852. The van der Waals surface area contributed by atoms with Gasteiger partial charge in [-0.2, -0.15) is 0 Å². The first-order valence-electron chi connectivity index (χ1n) is 6.19. The van der Waals surface area contributed by atoms with Crippen LogP contribution in [0, 0.1) is 24.3 Å². The molecule has 0 spiro atoms. The molecule has 1 atom stereocenters. The highest BCUT2D eigenvalue weighted by Gasteiger charge is 2.16. The van der Waals surface area contributed by atoms with Crippen molar-refractivity contribution in [2.24, 2.45) is 5.73 Å². The van der Waals surface area contributed by atoms with Crippen molar-refractivity contribution in [2.45, 2.75) is 26.8 Å². The van der Waals surface area contributed by atoms with Crippen molar-refractivity contribution in [1.82, 2.24) is 0 Å². The summed E-state index contributed by atoms with van der Waals surface area (Å²) in [5.74, 6) is 0. The lowest BCUT2D eigenvalue weighted by atomic mass is 9.93. The minimum absolute atomic E-state index is 0.109. The summed E-state index contributed by atoms with van der Waals surface area (Å²) in [4.78, 5) is 0. The third-order valence-electron chi connectivity index (χ3n) is 3.44. The highest BCUT2D eigenvalue weighted by molar-refractivity contribution is 14.1. The predicted octanol–water partition coefficient (Wildman–Crippen LogP) is 4.92. The van der Waals surface area contributed by atoms with Crippen LogP contribution in [0.15, 0.2) is 30.3 Å². The molecular weight excluding hydrogens is 369 g/mol. The maximum absolute atomic E-state index is 6.46. The predicted molar refractivity (Wildman–Crippen MR) is 90.9 cm³/mol. The average Bonchev–Trinajstić information content (AvgIpc) is 2.36. The summed E-state index contributed by atoms with van der Waals surface area (Å²) in [7, 11) is 0. The van der Waals surface area contributed by atoms with E-state index in [0.29, 0.717) is 0 Å². The van der Waals surface area contributed by atoms with Crippen molar-refractivity contribution >= 4 is 34.2 Å². The molecule has 0 aliphatic rings. The number of hydrogen-bond donors (Lipinski definition) is 1. The van der Waals surface area contributed by atoms with Crippen molar-refractivity contribution in [2.75, 3.05) is 0 Å². The van der Waals surface area contributed by atoms with Crippen LogP contribution >= 0.6 is 34.2 Å². The lowest BCUT2D eigenvalue weighted by Gasteiger charge is -2.19. The van der Waals surface area contributed by atoms with Crippen LogP contribution in [0.3, 0.4) is 0 Å². The summed E-state index contributed by atoms with van der Waals surface area (Å²) >= 11 is 8.52. The summed E-state index contributed by atoms with van der Waals surface area (Å²) in [5.41, 5.74) is 12.2. The first-order chi connectivity index (χ1) is 8.91. The molecule has 1 unspecified atom stereocenters. The molecule has 0 aliphatic carbocycles. The zero-order chi connectivity index (χ0) is 14.2. The summed E-state index contributed by atoms with van der Waals surface area (Å²) in [6.45, 7) is 6.18.